The lowest BCUT2D eigenvalue weighted by molar-refractivity contribution is 1.30. The van der Waals surface area contributed by atoms with Gasteiger partial charge in [-0.3, -0.25) is 4.79 Å². The van der Waals surface area contributed by atoms with Gasteiger partial charge in [-0.1, -0.05) is 23.7 Å². The van der Waals surface area contributed by atoms with Gasteiger partial charge in [-0.2, -0.15) is 0 Å². The molecule has 0 saturated carbocycles. The minimum atomic E-state index is -0.137. The van der Waals surface area contributed by atoms with Crippen LogP contribution in [0.3, 0.4) is 0 Å². The molecule has 16 heavy (non-hydrogen) atoms. The maximum absolute atomic E-state index is 11.3. The van der Waals surface area contributed by atoms with Gasteiger partial charge < -0.3 is 4.98 Å². The second-order valence-electron chi connectivity index (χ2n) is 3.56. The molecule has 0 fully saturated rings. The fourth-order valence-corrected chi connectivity index (χ4v) is 1.93. The Bertz CT molecular complexity index is 749. The Morgan fingerprint density at radius 2 is 1.69 bits per heavy atom. The van der Waals surface area contributed by atoms with Crippen molar-refractivity contribution in [2.24, 2.45) is 0 Å². The molecule has 0 amide bonds. The Balaban J connectivity index is 2.60. The molecular weight excluding hydrogens is 224 g/mol. The number of halogens is 1. The molecule has 0 unspecified atom stereocenters. The van der Waals surface area contributed by atoms with E-state index in [1.54, 1.807) is 12.1 Å². The average molecular weight is 231 g/mol. The van der Waals surface area contributed by atoms with Crippen molar-refractivity contribution in [3.05, 3.63) is 51.9 Å². The van der Waals surface area contributed by atoms with Crippen LogP contribution in [0.1, 0.15) is 0 Å². The van der Waals surface area contributed by atoms with Gasteiger partial charge in [0, 0.05) is 16.8 Å². The zero-order valence-corrected chi connectivity index (χ0v) is 8.95. The van der Waals surface area contributed by atoms with Gasteiger partial charge >= 0.3 is 0 Å². The Labute approximate surface area is 95.7 Å². The molecule has 2 heterocycles. The van der Waals surface area contributed by atoms with Crippen LogP contribution in [0.4, 0.5) is 0 Å². The topological polar surface area (TPSA) is 45.8 Å². The Kier molecular flexibility index (Phi) is 1.94. The third kappa shape index (κ3) is 1.37. The minimum Gasteiger partial charge on any atom is -0.320 e. The molecule has 0 radical (unpaired) electrons. The van der Waals surface area contributed by atoms with Gasteiger partial charge in [0.2, 0.25) is 5.56 Å². The summed E-state index contributed by atoms with van der Waals surface area (Å²) in [6.45, 7) is 0. The molecule has 0 saturated heterocycles. The molecule has 2 aromatic heterocycles. The number of aromatic amines is 1. The fraction of sp³-hybridized carbons (Fsp3) is 0. The number of H-pyrrole nitrogens is 1. The smallest absolute Gasteiger partial charge is 0.248 e. The second-order valence-corrected chi connectivity index (χ2v) is 3.95. The van der Waals surface area contributed by atoms with Crippen molar-refractivity contribution < 1.29 is 0 Å². The van der Waals surface area contributed by atoms with E-state index in [9.17, 15) is 4.79 Å². The maximum Gasteiger partial charge on any atom is 0.248 e. The molecule has 1 aromatic carbocycles. The Morgan fingerprint density at radius 1 is 1.00 bits per heavy atom. The van der Waals surface area contributed by atoms with E-state index in [-0.39, 0.29) is 5.56 Å². The summed E-state index contributed by atoms with van der Waals surface area (Å²) in [6, 6.07) is 10.8. The summed E-state index contributed by atoms with van der Waals surface area (Å²) in [5.74, 6) is 0. The van der Waals surface area contributed by atoms with Crippen molar-refractivity contribution in [1.29, 1.82) is 0 Å². The highest BCUT2D eigenvalue weighted by Crippen LogP contribution is 2.22. The molecule has 1 N–H and O–H groups in total. The summed E-state index contributed by atoms with van der Waals surface area (Å²) >= 11 is 5.86. The quantitative estimate of drug-likeness (QED) is 0.477. The fourth-order valence-electron chi connectivity index (χ4n) is 1.78. The van der Waals surface area contributed by atoms with E-state index in [1.165, 1.54) is 6.07 Å². The molecular formula is C12H7ClN2O. The number of hydrogen-bond acceptors (Lipinski definition) is 2. The highest BCUT2D eigenvalue weighted by molar-refractivity contribution is 6.30. The molecule has 78 valence electrons. The number of fused-ring (bicyclic) bond motifs is 3. The number of rotatable bonds is 0. The van der Waals surface area contributed by atoms with Crippen molar-refractivity contribution in [3.63, 3.8) is 0 Å². The maximum atomic E-state index is 11.3. The SMILES string of the molecule is O=c1ccc2ccc3ccc(Cl)nc3c2[nH]1. The lowest BCUT2D eigenvalue weighted by atomic mass is 10.1. The first-order valence-electron chi connectivity index (χ1n) is 4.82. The van der Waals surface area contributed by atoms with Gasteiger partial charge in [0.05, 0.1) is 11.0 Å². The highest BCUT2D eigenvalue weighted by atomic mass is 35.5. The average Bonchev–Trinajstić information content (AvgIpc) is 2.29. The normalized spacial score (nSPS) is 11.1. The van der Waals surface area contributed by atoms with E-state index >= 15 is 0 Å². The van der Waals surface area contributed by atoms with Crippen LogP contribution >= 0.6 is 11.6 Å². The van der Waals surface area contributed by atoms with Crippen LogP contribution in [0.2, 0.25) is 5.15 Å². The molecule has 0 bridgehead atoms. The second kappa shape index (κ2) is 3.32. The predicted molar refractivity (Wildman–Crippen MR) is 64.9 cm³/mol. The largest absolute Gasteiger partial charge is 0.320 e. The summed E-state index contributed by atoms with van der Waals surface area (Å²) in [5.41, 5.74) is 1.32. The van der Waals surface area contributed by atoms with Gasteiger partial charge in [-0.15, -0.1) is 0 Å². The van der Waals surface area contributed by atoms with Crippen LogP contribution in [-0.2, 0) is 0 Å². The first-order chi connectivity index (χ1) is 7.74. The molecule has 0 atom stereocenters. The number of nitrogens with zero attached hydrogens (tertiary/aromatic N) is 1. The third-order valence-electron chi connectivity index (χ3n) is 2.52. The van der Waals surface area contributed by atoms with E-state index < -0.39 is 0 Å². The number of hydrogen-bond donors (Lipinski definition) is 1. The molecule has 0 aliphatic carbocycles. The summed E-state index contributed by atoms with van der Waals surface area (Å²) in [6.07, 6.45) is 0. The van der Waals surface area contributed by atoms with Gasteiger partial charge in [-0.05, 0) is 18.2 Å². The van der Waals surface area contributed by atoms with Gasteiger partial charge in [0.1, 0.15) is 5.15 Å². The van der Waals surface area contributed by atoms with Crippen molar-refractivity contribution in [1.82, 2.24) is 9.97 Å². The number of pyridine rings is 2. The van der Waals surface area contributed by atoms with Crippen molar-refractivity contribution >= 4 is 33.4 Å². The lowest BCUT2D eigenvalue weighted by Gasteiger charge is -2.02. The van der Waals surface area contributed by atoms with Crippen LogP contribution in [0, 0.1) is 0 Å². The zero-order chi connectivity index (χ0) is 11.1. The van der Waals surface area contributed by atoms with Crippen LogP contribution in [-0.4, -0.2) is 9.97 Å². The monoisotopic (exact) mass is 230 g/mol. The van der Waals surface area contributed by atoms with Crippen LogP contribution in [0.15, 0.2) is 41.2 Å². The molecule has 0 aliphatic rings. The van der Waals surface area contributed by atoms with Gasteiger partial charge in [0.15, 0.2) is 0 Å². The van der Waals surface area contributed by atoms with Crippen molar-refractivity contribution in [2.75, 3.05) is 0 Å². The summed E-state index contributed by atoms with van der Waals surface area (Å²) < 4.78 is 0. The molecule has 3 aromatic rings. The molecule has 3 nitrogen and oxygen atoms in total. The molecule has 4 heteroatoms. The molecule has 0 spiro atoms. The van der Waals surface area contributed by atoms with Crippen LogP contribution < -0.4 is 5.56 Å². The summed E-state index contributed by atoms with van der Waals surface area (Å²) in [7, 11) is 0. The van der Waals surface area contributed by atoms with E-state index in [1.807, 2.05) is 18.2 Å². The first-order valence-corrected chi connectivity index (χ1v) is 5.20. The van der Waals surface area contributed by atoms with Gasteiger partial charge in [-0.25, -0.2) is 4.98 Å². The number of benzene rings is 1. The summed E-state index contributed by atoms with van der Waals surface area (Å²) in [5, 5.41) is 2.32. The van der Waals surface area contributed by atoms with Crippen molar-refractivity contribution in [2.45, 2.75) is 0 Å². The molecule has 3 rings (SSSR count). The Hall–Kier alpha value is -1.87. The lowest BCUT2D eigenvalue weighted by Crippen LogP contribution is -2.02. The Morgan fingerprint density at radius 3 is 2.56 bits per heavy atom. The van der Waals surface area contributed by atoms with Crippen molar-refractivity contribution in [3.8, 4) is 0 Å². The molecule has 0 aliphatic heterocycles. The summed E-state index contributed by atoms with van der Waals surface area (Å²) in [4.78, 5) is 18.3. The van der Waals surface area contributed by atoms with Crippen LogP contribution in [0.5, 0.6) is 0 Å². The standard InChI is InChI=1S/C12H7ClN2O/c13-9-5-3-7-1-2-8-4-6-10(16)15-12(8)11(7)14-9/h1-6H,(H,15,16). The van der Waals surface area contributed by atoms with E-state index in [0.29, 0.717) is 5.15 Å². The number of aromatic nitrogens is 2. The predicted octanol–water partition coefficient (Wildman–Crippen LogP) is 2.73. The van der Waals surface area contributed by atoms with E-state index in [2.05, 4.69) is 9.97 Å². The van der Waals surface area contributed by atoms with E-state index in [4.69, 9.17) is 11.6 Å². The first kappa shape index (κ1) is 9.36. The van der Waals surface area contributed by atoms with E-state index in [0.717, 1.165) is 21.8 Å². The van der Waals surface area contributed by atoms with Crippen LogP contribution in [0.25, 0.3) is 21.8 Å². The zero-order valence-electron chi connectivity index (χ0n) is 8.20. The minimum absolute atomic E-state index is 0.137. The highest BCUT2D eigenvalue weighted by Gasteiger charge is 2.03. The number of nitrogens with one attached hydrogen (secondary N) is 1. The van der Waals surface area contributed by atoms with Gasteiger partial charge in [0.25, 0.3) is 0 Å². The third-order valence-corrected chi connectivity index (χ3v) is 2.73.